The Kier molecular flexibility index (Phi) is 5.15. The van der Waals surface area contributed by atoms with Crippen LogP contribution in [0.5, 0.6) is 0 Å². The fourth-order valence-electron chi connectivity index (χ4n) is 3.14. The van der Waals surface area contributed by atoms with Crippen molar-refractivity contribution in [2.75, 3.05) is 19.6 Å². The standard InChI is InChI=1S/C14H25N3S/c1-3-17(13-6-4-5-12(13)9-15)8-7-14-11(2)16-10-18-14/h10,12-13H,3-9,15H2,1-2H3. The fraction of sp³-hybridized carbons (Fsp3) is 0.786. The molecule has 102 valence electrons. The van der Waals surface area contributed by atoms with Crippen molar-refractivity contribution in [1.29, 1.82) is 0 Å². The van der Waals surface area contributed by atoms with Crippen molar-refractivity contribution in [2.45, 2.75) is 45.6 Å². The summed E-state index contributed by atoms with van der Waals surface area (Å²) in [6.45, 7) is 7.52. The van der Waals surface area contributed by atoms with Gasteiger partial charge in [-0.05, 0) is 45.2 Å². The summed E-state index contributed by atoms with van der Waals surface area (Å²) >= 11 is 1.79. The molecule has 3 nitrogen and oxygen atoms in total. The Morgan fingerprint density at radius 3 is 2.94 bits per heavy atom. The van der Waals surface area contributed by atoms with E-state index < -0.39 is 0 Å². The van der Waals surface area contributed by atoms with Crippen LogP contribution in [0.15, 0.2) is 5.51 Å². The summed E-state index contributed by atoms with van der Waals surface area (Å²) < 4.78 is 0. The number of hydrogen-bond donors (Lipinski definition) is 1. The molecule has 0 spiro atoms. The molecule has 0 amide bonds. The molecule has 1 aromatic heterocycles. The van der Waals surface area contributed by atoms with Crippen LogP contribution in [-0.4, -0.2) is 35.6 Å². The molecule has 2 rings (SSSR count). The van der Waals surface area contributed by atoms with E-state index in [9.17, 15) is 0 Å². The number of nitrogens with zero attached hydrogens (tertiary/aromatic N) is 2. The van der Waals surface area contributed by atoms with Gasteiger partial charge in [-0.3, -0.25) is 4.90 Å². The Morgan fingerprint density at radius 2 is 2.33 bits per heavy atom. The van der Waals surface area contributed by atoms with Crippen LogP contribution in [0.25, 0.3) is 0 Å². The third kappa shape index (κ3) is 3.11. The average Bonchev–Trinajstić information content (AvgIpc) is 2.99. The molecule has 0 aromatic carbocycles. The summed E-state index contributed by atoms with van der Waals surface area (Å²) in [5.74, 6) is 0.715. The van der Waals surface area contributed by atoms with Crippen LogP contribution in [0.3, 0.4) is 0 Å². The summed E-state index contributed by atoms with van der Waals surface area (Å²) in [7, 11) is 0. The zero-order valence-electron chi connectivity index (χ0n) is 11.6. The van der Waals surface area contributed by atoms with E-state index in [0.717, 1.165) is 26.1 Å². The first kappa shape index (κ1) is 14.0. The molecule has 1 aliphatic rings. The summed E-state index contributed by atoms with van der Waals surface area (Å²) in [5, 5.41) is 0. The van der Waals surface area contributed by atoms with Gasteiger partial charge < -0.3 is 5.73 Å². The zero-order valence-corrected chi connectivity index (χ0v) is 12.4. The minimum Gasteiger partial charge on any atom is -0.330 e. The Balaban J connectivity index is 1.91. The molecule has 2 N–H and O–H groups in total. The molecule has 1 aromatic rings. The molecule has 4 heteroatoms. The van der Waals surface area contributed by atoms with Crippen LogP contribution >= 0.6 is 11.3 Å². The quantitative estimate of drug-likeness (QED) is 0.861. The topological polar surface area (TPSA) is 42.2 Å². The monoisotopic (exact) mass is 267 g/mol. The van der Waals surface area contributed by atoms with E-state index in [4.69, 9.17) is 5.73 Å². The highest BCUT2D eigenvalue weighted by Crippen LogP contribution is 2.29. The number of likely N-dealkylation sites (N-methyl/N-ethyl adjacent to an activating group) is 1. The van der Waals surface area contributed by atoms with Crippen molar-refractivity contribution < 1.29 is 0 Å². The Hall–Kier alpha value is -0.450. The van der Waals surface area contributed by atoms with Crippen molar-refractivity contribution >= 4 is 11.3 Å². The smallest absolute Gasteiger partial charge is 0.0797 e. The zero-order chi connectivity index (χ0) is 13.0. The number of aromatic nitrogens is 1. The van der Waals surface area contributed by atoms with Gasteiger partial charge in [-0.15, -0.1) is 11.3 Å². The molecule has 0 saturated heterocycles. The third-order valence-corrected chi connectivity index (χ3v) is 5.26. The third-order valence-electron chi connectivity index (χ3n) is 4.27. The van der Waals surface area contributed by atoms with E-state index >= 15 is 0 Å². The maximum absolute atomic E-state index is 5.90. The van der Waals surface area contributed by atoms with E-state index in [-0.39, 0.29) is 0 Å². The molecule has 0 bridgehead atoms. The van der Waals surface area contributed by atoms with Crippen molar-refractivity contribution in [3.05, 3.63) is 16.1 Å². The molecule has 0 radical (unpaired) electrons. The van der Waals surface area contributed by atoms with Crippen LogP contribution in [0, 0.1) is 12.8 Å². The maximum atomic E-state index is 5.90. The van der Waals surface area contributed by atoms with Gasteiger partial charge in [0.05, 0.1) is 11.2 Å². The molecule has 0 aliphatic heterocycles. The first-order valence-corrected chi connectivity index (χ1v) is 7.97. The molecule has 2 atom stereocenters. The second-order valence-electron chi connectivity index (χ2n) is 5.23. The second-order valence-corrected chi connectivity index (χ2v) is 6.17. The second kappa shape index (κ2) is 6.64. The lowest BCUT2D eigenvalue weighted by atomic mass is 10.0. The fourth-order valence-corrected chi connectivity index (χ4v) is 3.91. The number of nitrogens with two attached hydrogens (primary N) is 1. The average molecular weight is 267 g/mol. The van der Waals surface area contributed by atoms with E-state index in [1.54, 1.807) is 11.3 Å². The summed E-state index contributed by atoms with van der Waals surface area (Å²) in [6, 6.07) is 0.716. The molecule has 1 fully saturated rings. The molecule has 1 saturated carbocycles. The molecule has 1 aliphatic carbocycles. The number of hydrogen-bond acceptors (Lipinski definition) is 4. The van der Waals surface area contributed by atoms with Gasteiger partial charge in [-0.25, -0.2) is 4.98 Å². The van der Waals surface area contributed by atoms with Crippen LogP contribution in [-0.2, 0) is 6.42 Å². The lowest BCUT2D eigenvalue weighted by Crippen LogP contribution is -2.41. The van der Waals surface area contributed by atoms with E-state index in [0.29, 0.717) is 12.0 Å². The highest BCUT2D eigenvalue weighted by molar-refractivity contribution is 7.09. The predicted octanol–water partition coefficient (Wildman–Crippen LogP) is 2.44. The van der Waals surface area contributed by atoms with E-state index in [1.165, 1.54) is 29.8 Å². The van der Waals surface area contributed by atoms with Crippen molar-refractivity contribution in [3.8, 4) is 0 Å². The lowest BCUT2D eigenvalue weighted by Gasteiger charge is -2.31. The van der Waals surface area contributed by atoms with Gasteiger partial charge in [0.15, 0.2) is 0 Å². The van der Waals surface area contributed by atoms with Gasteiger partial charge >= 0.3 is 0 Å². The Labute approximate surface area is 114 Å². The minimum atomic E-state index is 0.715. The number of rotatable bonds is 6. The van der Waals surface area contributed by atoms with Crippen molar-refractivity contribution in [2.24, 2.45) is 11.7 Å². The van der Waals surface area contributed by atoms with Gasteiger partial charge in [0.1, 0.15) is 0 Å². The van der Waals surface area contributed by atoms with Gasteiger partial charge in [-0.1, -0.05) is 13.3 Å². The van der Waals surface area contributed by atoms with Crippen molar-refractivity contribution in [1.82, 2.24) is 9.88 Å². The first-order chi connectivity index (χ1) is 8.76. The van der Waals surface area contributed by atoms with E-state index in [1.807, 2.05) is 5.51 Å². The summed E-state index contributed by atoms with van der Waals surface area (Å²) in [4.78, 5) is 8.40. The predicted molar refractivity (Wildman–Crippen MR) is 78.0 cm³/mol. The maximum Gasteiger partial charge on any atom is 0.0797 e. The molecular formula is C14H25N3S. The highest BCUT2D eigenvalue weighted by Gasteiger charge is 2.30. The van der Waals surface area contributed by atoms with Gasteiger partial charge in [-0.2, -0.15) is 0 Å². The summed E-state index contributed by atoms with van der Waals surface area (Å²) in [5.41, 5.74) is 9.06. The molecular weight excluding hydrogens is 242 g/mol. The SMILES string of the molecule is CCN(CCc1scnc1C)C1CCCC1CN. The van der Waals surface area contributed by atoms with E-state index in [2.05, 4.69) is 23.7 Å². The minimum absolute atomic E-state index is 0.715. The molecule has 18 heavy (non-hydrogen) atoms. The Morgan fingerprint density at radius 1 is 1.50 bits per heavy atom. The molecule has 1 heterocycles. The highest BCUT2D eigenvalue weighted by atomic mass is 32.1. The first-order valence-electron chi connectivity index (χ1n) is 7.09. The van der Waals surface area contributed by atoms with Crippen LogP contribution < -0.4 is 5.73 Å². The lowest BCUT2D eigenvalue weighted by molar-refractivity contribution is 0.172. The van der Waals surface area contributed by atoms with Gasteiger partial charge in [0, 0.05) is 17.5 Å². The van der Waals surface area contributed by atoms with Crippen LogP contribution in [0.1, 0.15) is 36.8 Å². The van der Waals surface area contributed by atoms with Crippen molar-refractivity contribution in [3.63, 3.8) is 0 Å². The number of aryl methyl sites for hydroxylation is 1. The van der Waals surface area contributed by atoms with Crippen LogP contribution in [0.2, 0.25) is 0 Å². The number of thiazole rings is 1. The van der Waals surface area contributed by atoms with Gasteiger partial charge in [0.2, 0.25) is 0 Å². The van der Waals surface area contributed by atoms with Crippen LogP contribution in [0.4, 0.5) is 0 Å². The normalized spacial score (nSPS) is 24.0. The van der Waals surface area contributed by atoms with Gasteiger partial charge in [0.25, 0.3) is 0 Å². The molecule has 2 unspecified atom stereocenters. The summed E-state index contributed by atoms with van der Waals surface area (Å²) in [6.07, 6.45) is 5.13. The largest absolute Gasteiger partial charge is 0.330 e. The Bertz CT molecular complexity index is 364.